The number of hydrogen-bond acceptors (Lipinski definition) is 3. The van der Waals surface area contributed by atoms with Crippen LogP contribution in [0.2, 0.25) is 0 Å². The van der Waals surface area contributed by atoms with E-state index in [0.29, 0.717) is 6.54 Å². The second-order valence-electron chi connectivity index (χ2n) is 5.22. The third-order valence-corrected chi connectivity index (χ3v) is 2.95. The molecule has 0 heterocycles. The molecule has 16 heavy (non-hydrogen) atoms. The van der Waals surface area contributed by atoms with E-state index in [1.807, 2.05) is 6.92 Å². The van der Waals surface area contributed by atoms with Gasteiger partial charge in [0.25, 0.3) is 0 Å². The maximum atomic E-state index is 11.3. The molecule has 0 aliphatic heterocycles. The first-order chi connectivity index (χ1) is 6.99. The second kappa shape index (κ2) is 5.69. The standard InChI is InChI=1S/C10H22NO4P/c1-8(7-16(5,13)14)6-11-9(12)15-10(2,3)4/h8H,6-7H2,1-5H3,(H,11,12)(H,13,14)/t8-/m1/s1. The Hall–Kier alpha value is -0.540. The number of nitrogens with one attached hydrogen (secondary N) is 1. The van der Waals surface area contributed by atoms with E-state index in [1.54, 1.807) is 20.8 Å². The molecule has 0 aromatic carbocycles. The van der Waals surface area contributed by atoms with Crippen molar-refractivity contribution in [3.05, 3.63) is 0 Å². The van der Waals surface area contributed by atoms with Gasteiger partial charge in [-0.3, -0.25) is 4.57 Å². The van der Waals surface area contributed by atoms with Gasteiger partial charge in [-0.25, -0.2) is 4.79 Å². The molecule has 96 valence electrons. The number of alkyl carbamates (subject to hydrolysis) is 1. The predicted molar refractivity (Wildman–Crippen MR) is 64.0 cm³/mol. The number of rotatable bonds is 4. The first kappa shape index (κ1) is 15.5. The van der Waals surface area contributed by atoms with E-state index in [0.717, 1.165) is 0 Å². The van der Waals surface area contributed by atoms with Crippen LogP contribution in [0.1, 0.15) is 27.7 Å². The van der Waals surface area contributed by atoms with Crippen molar-refractivity contribution in [3.8, 4) is 0 Å². The minimum atomic E-state index is -3.01. The Morgan fingerprint density at radius 2 is 2.00 bits per heavy atom. The zero-order chi connectivity index (χ0) is 13.0. The van der Waals surface area contributed by atoms with Gasteiger partial charge in [0.1, 0.15) is 5.60 Å². The zero-order valence-electron chi connectivity index (χ0n) is 10.6. The largest absolute Gasteiger partial charge is 0.444 e. The van der Waals surface area contributed by atoms with Crippen LogP contribution >= 0.6 is 7.37 Å². The van der Waals surface area contributed by atoms with Crippen LogP contribution in [0.15, 0.2) is 0 Å². The van der Waals surface area contributed by atoms with Crippen molar-refractivity contribution in [2.24, 2.45) is 5.92 Å². The van der Waals surface area contributed by atoms with E-state index in [4.69, 9.17) is 9.63 Å². The fourth-order valence-corrected chi connectivity index (χ4v) is 2.50. The fourth-order valence-electron chi connectivity index (χ4n) is 1.21. The van der Waals surface area contributed by atoms with Crippen LogP contribution in [-0.2, 0) is 9.30 Å². The maximum Gasteiger partial charge on any atom is 0.407 e. The molecular weight excluding hydrogens is 229 g/mol. The van der Waals surface area contributed by atoms with Gasteiger partial charge in [0.15, 0.2) is 7.37 Å². The normalized spacial score (nSPS) is 17.4. The van der Waals surface area contributed by atoms with E-state index in [2.05, 4.69) is 5.32 Å². The van der Waals surface area contributed by atoms with Gasteiger partial charge in [0.05, 0.1) is 0 Å². The minimum absolute atomic E-state index is 0.0478. The van der Waals surface area contributed by atoms with E-state index in [1.165, 1.54) is 6.66 Å². The van der Waals surface area contributed by atoms with Crippen LogP contribution in [0.5, 0.6) is 0 Å². The van der Waals surface area contributed by atoms with E-state index >= 15 is 0 Å². The number of hydrogen-bond donors (Lipinski definition) is 2. The Labute approximate surface area is 97.0 Å². The summed E-state index contributed by atoms with van der Waals surface area (Å²) >= 11 is 0. The van der Waals surface area contributed by atoms with Gasteiger partial charge < -0.3 is 14.9 Å². The smallest absolute Gasteiger partial charge is 0.407 e. The summed E-state index contributed by atoms with van der Waals surface area (Å²) in [6.07, 6.45) is -0.300. The van der Waals surface area contributed by atoms with Crippen LogP contribution in [-0.4, -0.2) is 36.0 Å². The van der Waals surface area contributed by atoms with Crippen molar-refractivity contribution in [3.63, 3.8) is 0 Å². The number of carbonyl (C=O) groups excluding carboxylic acids is 1. The molecule has 1 unspecified atom stereocenters. The van der Waals surface area contributed by atoms with Gasteiger partial charge in [-0.2, -0.15) is 0 Å². The number of amides is 1. The number of ether oxygens (including phenoxy) is 1. The monoisotopic (exact) mass is 251 g/mol. The molecule has 0 saturated heterocycles. The lowest BCUT2D eigenvalue weighted by Crippen LogP contribution is -2.35. The van der Waals surface area contributed by atoms with Crippen LogP contribution < -0.4 is 5.32 Å². The molecule has 0 fully saturated rings. The molecule has 6 heteroatoms. The highest BCUT2D eigenvalue weighted by molar-refractivity contribution is 7.57. The molecule has 2 atom stereocenters. The molecule has 0 aliphatic rings. The summed E-state index contributed by atoms with van der Waals surface area (Å²) in [6.45, 7) is 8.81. The van der Waals surface area contributed by atoms with Crippen LogP contribution in [0.4, 0.5) is 4.79 Å². The Morgan fingerprint density at radius 1 is 1.50 bits per heavy atom. The highest BCUT2D eigenvalue weighted by Crippen LogP contribution is 2.37. The summed E-state index contributed by atoms with van der Waals surface area (Å²) < 4.78 is 16.1. The van der Waals surface area contributed by atoms with Crippen molar-refractivity contribution in [1.29, 1.82) is 0 Å². The van der Waals surface area contributed by atoms with Gasteiger partial charge in [-0.05, 0) is 26.7 Å². The average Bonchev–Trinajstić information content (AvgIpc) is 1.94. The molecule has 5 nitrogen and oxygen atoms in total. The summed E-state index contributed by atoms with van der Waals surface area (Å²) in [5, 5.41) is 2.57. The van der Waals surface area contributed by atoms with Gasteiger partial charge in [-0.1, -0.05) is 6.92 Å². The molecule has 0 aromatic heterocycles. The molecule has 0 radical (unpaired) electrons. The summed E-state index contributed by atoms with van der Waals surface area (Å²) in [6, 6.07) is 0. The third-order valence-electron chi connectivity index (χ3n) is 1.64. The minimum Gasteiger partial charge on any atom is -0.444 e. The molecule has 0 rings (SSSR count). The topological polar surface area (TPSA) is 75.6 Å². The quantitative estimate of drug-likeness (QED) is 0.750. The Bertz CT molecular complexity index is 279. The Balaban J connectivity index is 3.89. The fraction of sp³-hybridized carbons (Fsp3) is 0.900. The highest BCUT2D eigenvalue weighted by atomic mass is 31.2. The number of carbonyl (C=O) groups is 1. The van der Waals surface area contributed by atoms with E-state index < -0.39 is 19.1 Å². The first-order valence-electron chi connectivity index (χ1n) is 5.26. The van der Waals surface area contributed by atoms with Gasteiger partial charge in [-0.15, -0.1) is 0 Å². The Kier molecular flexibility index (Phi) is 5.50. The maximum absolute atomic E-state index is 11.3. The SMILES string of the molecule is C[C@H](CNC(=O)OC(C)(C)C)CP(C)(=O)O. The summed E-state index contributed by atoms with van der Waals surface area (Å²) in [5.41, 5.74) is -0.523. The van der Waals surface area contributed by atoms with Crippen LogP contribution in [0.3, 0.4) is 0 Å². The lowest BCUT2D eigenvalue weighted by molar-refractivity contribution is 0.0521. The average molecular weight is 251 g/mol. The highest BCUT2D eigenvalue weighted by Gasteiger charge is 2.19. The molecule has 0 spiro atoms. The van der Waals surface area contributed by atoms with Crippen molar-refractivity contribution >= 4 is 13.5 Å². The van der Waals surface area contributed by atoms with E-state index in [-0.39, 0.29) is 12.1 Å². The van der Waals surface area contributed by atoms with Gasteiger partial charge >= 0.3 is 6.09 Å². The van der Waals surface area contributed by atoms with Crippen molar-refractivity contribution in [2.75, 3.05) is 19.4 Å². The second-order valence-corrected chi connectivity index (χ2v) is 7.69. The van der Waals surface area contributed by atoms with Crippen LogP contribution in [0.25, 0.3) is 0 Å². The molecule has 0 saturated carbocycles. The summed E-state index contributed by atoms with van der Waals surface area (Å²) in [7, 11) is -3.01. The Morgan fingerprint density at radius 3 is 2.38 bits per heavy atom. The molecule has 0 aliphatic carbocycles. The third kappa shape index (κ3) is 9.99. The molecular formula is C10H22NO4P. The predicted octanol–water partition coefficient (Wildman–Crippen LogP) is 2.05. The molecule has 2 N–H and O–H groups in total. The molecule has 0 aromatic rings. The van der Waals surface area contributed by atoms with Gasteiger partial charge in [0.2, 0.25) is 0 Å². The van der Waals surface area contributed by atoms with Gasteiger partial charge in [0, 0.05) is 19.4 Å². The van der Waals surface area contributed by atoms with Crippen molar-refractivity contribution in [2.45, 2.75) is 33.3 Å². The summed E-state index contributed by atoms with van der Waals surface area (Å²) in [5.74, 6) is -0.0478. The molecule has 0 bridgehead atoms. The molecule has 1 amide bonds. The van der Waals surface area contributed by atoms with E-state index in [9.17, 15) is 9.36 Å². The zero-order valence-corrected chi connectivity index (χ0v) is 11.5. The van der Waals surface area contributed by atoms with Crippen molar-refractivity contribution < 1.29 is 19.0 Å². The van der Waals surface area contributed by atoms with Crippen molar-refractivity contribution in [1.82, 2.24) is 5.32 Å². The summed E-state index contributed by atoms with van der Waals surface area (Å²) in [4.78, 5) is 20.4. The first-order valence-corrected chi connectivity index (χ1v) is 7.55. The lowest BCUT2D eigenvalue weighted by Gasteiger charge is -2.21. The van der Waals surface area contributed by atoms with Crippen LogP contribution in [0, 0.1) is 5.92 Å². The lowest BCUT2D eigenvalue weighted by atomic mass is 10.2.